The first-order valence-corrected chi connectivity index (χ1v) is 8.84. The Morgan fingerprint density at radius 2 is 2.00 bits per heavy atom. The Morgan fingerprint density at radius 3 is 2.77 bits per heavy atom. The number of ether oxygens (including phenoxy) is 1. The van der Waals surface area contributed by atoms with Gasteiger partial charge in [-0.15, -0.1) is 0 Å². The molecular formula is C20H28N4O2. The first-order chi connectivity index (χ1) is 12.6. The van der Waals surface area contributed by atoms with Crippen LogP contribution in [0.1, 0.15) is 22.3 Å². The maximum absolute atomic E-state index is 12.2. The molecule has 2 aromatic rings. The maximum Gasteiger partial charge on any atom is 0.252 e. The fourth-order valence-electron chi connectivity index (χ4n) is 2.61. The molecule has 0 saturated carbocycles. The molecule has 0 fully saturated rings. The van der Waals surface area contributed by atoms with E-state index in [0.29, 0.717) is 12.1 Å². The highest BCUT2D eigenvalue weighted by molar-refractivity contribution is 5.94. The number of carbonyl (C=O) groups is 1. The van der Waals surface area contributed by atoms with Crippen LogP contribution in [0.15, 0.2) is 42.7 Å². The van der Waals surface area contributed by atoms with Crippen LogP contribution in [0, 0.1) is 0 Å². The standard InChI is InChI=1S/C20H28N4O2/c1-24(2)12-6-10-23-20(25)17-13-18(15-21-14-17)22-11-9-16-7-4-5-8-19(16)26-3/h4-5,7-8,13-15,22H,6,9-12H2,1-3H3,(H,23,25). The van der Waals surface area contributed by atoms with Gasteiger partial charge in [-0.05, 0) is 51.2 Å². The lowest BCUT2D eigenvalue weighted by molar-refractivity contribution is 0.0952. The van der Waals surface area contributed by atoms with Crippen LogP contribution in [0.5, 0.6) is 5.75 Å². The first-order valence-electron chi connectivity index (χ1n) is 8.84. The second kappa shape index (κ2) is 10.4. The molecule has 1 heterocycles. The van der Waals surface area contributed by atoms with Gasteiger partial charge in [-0.1, -0.05) is 18.2 Å². The number of aromatic nitrogens is 1. The van der Waals surface area contributed by atoms with Crippen molar-refractivity contribution in [1.82, 2.24) is 15.2 Å². The van der Waals surface area contributed by atoms with Crippen LogP contribution in [0.25, 0.3) is 0 Å². The largest absolute Gasteiger partial charge is 0.496 e. The summed E-state index contributed by atoms with van der Waals surface area (Å²) in [6.45, 7) is 2.33. The Kier molecular flexibility index (Phi) is 7.89. The fraction of sp³-hybridized carbons (Fsp3) is 0.400. The molecule has 0 aliphatic rings. The number of anilines is 1. The molecule has 1 amide bonds. The van der Waals surface area contributed by atoms with Crippen molar-refractivity contribution in [3.8, 4) is 5.75 Å². The van der Waals surface area contributed by atoms with E-state index in [-0.39, 0.29) is 5.91 Å². The zero-order valence-corrected chi connectivity index (χ0v) is 15.8. The Labute approximate surface area is 155 Å². The fourth-order valence-corrected chi connectivity index (χ4v) is 2.61. The zero-order chi connectivity index (χ0) is 18.8. The molecule has 2 rings (SSSR count). The minimum Gasteiger partial charge on any atom is -0.496 e. The van der Waals surface area contributed by atoms with E-state index >= 15 is 0 Å². The van der Waals surface area contributed by atoms with E-state index in [2.05, 4.69) is 26.6 Å². The van der Waals surface area contributed by atoms with Crippen molar-refractivity contribution < 1.29 is 9.53 Å². The van der Waals surface area contributed by atoms with Gasteiger partial charge in [0.05, 0.1) is 18.4 Å². The molecule has 0 aliphatic carbocycles. The van der Waals surface area contributed by atoms with Gasteiger partial charge in [-0.3, -0.25) is 9.78 Å². The van der Waals surface area contributed by atoms with E-state index in [1.165, 1.54) is 0 Å². The summed E-state index contributed by atoms with van der Waals surface area (Å²) in [4.78, 5) is 18.5. The number of nitrogens with one attached hydrogen (secondary N) is 2. The van der Waals surface area contributed by atoms with Crippen molar-refractivity contribution in [1.29, 1.82) is 0 Å². The lowest BCUT2D eigenvalue weighted by atomic mass is 10.1. The summed E-state index contributed by atoms with van der Waals surface area (Å²) in [5.74, 6) is 0.794. The molecule has 140 valence electrons. The van der Waals surface area contributed by atoms with Gasteiger partial charge >= 0.3 is 0 Å². The molecule has 0 radical (unpaired) electrons. The van der Waals surface area contributed by atoms with Gasteiger partial charge in [0.1, 0.15) is 5.75 Å². The van der Waals surface area contributed by atoms with Gasteiger partial charge in [0.15, 0.2) is 0 Å². The monoisotopic (exact) mass is 356 g/mol. The second-order valence-corrected chi connectivity index (χ2v) is 6.36. The van der Waals surface area contributed by atoms with Crippen molar-refractivity contribution in [3.63, 3.8) is 0 Å². The third-order valence-electron chi connectivity index (χ3n) is 3.98. The number of methoxy groups -OCH3 is 1. The summed E-state index contributed by atoms with van der Waals surface area (Å²) in [7, 11) is 5.72. The summed E-state index contributed by atoms with van der Waals surface area (Å²) in [6, 6.07) is 9.80. The van der Waals surface area contributed by atoms with Gasteiger partial charge in [-0.2, -0.15) is 0 Å². The number of para-hydroxylation sites is 1. The molecular weight excluding hydrogens is 328 g/mol. The van der Waals surface area contributed by atoms with E-state index in [9.17, 15) is 4.79 Å². The molecule has 6 heteroatoms. The molecule has 0 atom stereocenters. The summed E-state index contributed by atoms with van der Waals surface area (Å²) >= 11 is 0. The van der Waals surface area contributed by atoms with Crippen molar-refractivity contribution in [3.05, 3.63) is 53.9 Å². The summed E-state index contributed by atoms with van der Waals surface area (Å²) in [5, 5.41) is 6.25. The molecule has 26 heavy (non-hydrogen) atoms. The van der Waals surface area contributed by atoms with Crippen LogP contribution in [0.4, 0.5) is 5.69 Å². The van der Waals surface area contributed by atoms with E-state index in [1.807, 2.05) is 38.4 Å². The number of amides is 1. The van der Waals surface area contributed by atoms with Crippen LogP contribution < -0.4 is 15.4 Å². The molecule has 1 aromatic carbocycles. The number of carbonyl (C=O) groups excluding carboxylic acids is 1. The minimum atomic E-state index is -0.0929. The molecule has 0 aliphatic heterocycles. The summed E-state index contributed by atoms with van der Waals surface area (Å²) in [5.41, 5.74) is 2.54. The molecule has 0 spiro atoms. The highest BCUT2D eigenvalue weighted by Gasteiger charge is 2.07. The highest BCUT2D eigenvalue weighted by Crippen LogP contribution is 2.18. The number of benzene rings is 1. The average molecular weight is 356 g/mol. The Hall–Kier alpha value is -2.60. The van der Waals surface area contributed by atoms with Crippen LogP contribution in [-0.4, -0.2) is 56.6 Å². The summed E-state index contributed by atoms with van der Waals surface area (Å²) in [6.07, 6.45) is 5.06. The zero-order valence-electron chi connectivity index (χ0n) is 15.8. The maximum atomic E-state index is 12.2. The van der Waals surface area contributed by atoms with Crippen molar-refractivity contribution in [2.75, 3.05) is 46.2 Å². The Balaban J connectivity index is 1.83. The third-order valence-corrected chi connectivity index (χ3v) is 3.98. The molecule has 2 N–H and O–H groups in total. The molecule has 0 unspecified atom stereocenters. The number of hydrogen-bond donors (Lipinski definition) is 2. The number of nitrogens with zero attached hydrogens (tertiary/aromatic N) is 2. The van der Waals surface area contributed by atoms with Gasteiger partial charge < -0.3 is 20.3 Å². The average Bonchev–Trinajstić information content (AvgIpc) is 2.65. The summed E-state index contributed by atoms with van der Waals surface area (Å²) < 4.78 is 5.36. The lowest BCUT2D eigenvalue weighted by Crippen LogP contribution is -2.27. The molecule has 6 nitrogen and oxygen atoms in total. The number of hydrogen-bond acceptors (Lipinski definition) is 5. The van der Waals surface area contributed by atoms with Crippen molar-refractivity contribution in [2.45, 2.75) is 12.8 Å². The lowest BCUT2D eigenvalue weighted by Gasteiger charge is -2.11. The van der Waals surface area contributed by atoms with Gasteiger partial charge in [0, 0.05) is 25.5 Å². The van der Waals surface area contributed by atoms with Crippen LogP contribution >= 0.6 is 0 Å². The molecule has 1 aromatic heterocycles. The van der Waals surface area contributed by atoms with Crippen LogP contribution in [-0.2, 0) is 6.42 Å². The van der Waals surface area contributed by atoms with Gasteiger partial charge in [0.2, 0.25) is 0 Å². The van der Waals surface area contributed by atoms with Crippen molar-refractivity contribution in [2.24, 2.45) is 0 Å². The third kappa shape index (κ3) is 6.37. The van der Waals surface area contributed by atoms with Crippen molar-refractivity contribution >= 4 is 11.6 Å². The quantitative estimate of drug-likeness (QED) is 0.640. The second-order valence-electron chi connectivity index (χ2n) is 6.36. The smallest absolute Gasteiger partial charge is 0.252 e. The highest BCUT2D eigenvalue weighted by atomic mass is 16.5. The molecule has 0 saturated heterocycles. The van der Waals surface area contributed by atoms with Gasteiger partial charge in [-0.25, -0.2) is 0 Å². The predicted molar refractivity (Wildman–Crippen MR) is 105 cm³/mol. The van der Waals surface area contributed by atoms with E-state index in [1.54, 1.807) is 19.5 Å². The normalized spacial score (nSPS) is 10.6. The molecule has 0 bridgehead atoms. The van der Waals surface area contributed by atoms with E-state index in [4.69, 9.17) is 4.74 Å². The first kappa shape index (κ1) is 19.7. The van der Waals surface area contributed by atoms with E-state index in [0.717, 1.165) is 42.9 Å². The minimum absolute atomic E-state index is 0.0929. The SMILES string of the molecule is COc1ccccc1CCNc1cncc(C(=O)NCCCN(C)C)c1. The topological polar surface area (TPSA) is 66.5 Å². The number of pyridine rings is 1. The Morgan fingerprint density at radius 1 is 1.19 bits per heavy atom. The Bertz CT molecular complexity index is 704. The van der Waals surface area contributed by atoms with E-state index < -0.39 is 0 Å². The van der Waals surface area contributed by atoms with Crippen LogP contribution in [0.2, 0.25) is 0 Å². The number of rotatable bonds is 10. The van der Waals surface area contributed by atoms with Gasteiger partial charge in [0.25, 0.3) is 5.91 Å². The predicted octanol–water partition coefficient (Wildman–Crippen LogP) is 2.43. The van der Waals surface area contributed by atoms with Crippen LogP contribution in [0.3, 0.4) is 0 Å².